The number of amides is 1. The Bertz CT molecular complexity index is 1350. The number of carbonyl (C=O) groups excluding carboxylic acids is 1. The molecule has 0 radical (unpaired) electrons. The number of methoxy groups -OCH3 is 1. The van der Waals surface area contributed by atoms with Gasteiger partial charge in [-0.1, -0.05) is 59.8 Å². The van der Waals surface area contributed by atoms with Crippen molar-refractivity contribution in [2.24, 2.45) is 4.99 Å². The van der Waals surface area contributed by atoms with Gasteiger partial charge < -0.3 is 9.64 Å². The molecule has 0 N–H and O–H groups in total. The van der Waals surface area contributed by atoms with Crippen LogP contribution in [0.25, 0.3) is 0 Å². The number of aryl methyl sites for hydroxylation is 2. The van der Waals surface area contributed by atoms with Gasteiger partial charge in [0.25, 0.3) is 5.91 Å². The van der Waals surface area contributed by atoms with Gasteiger partial charge in [-0.05, 0) is 61.4 Å². The van der Waals surface area contributed by atoms with E-state index in [0.717, 1.165) is 44.2 Å². The fourth-order valence-electron chi connectivity index (χ4n) is 4.19. The Hall–Kier alpha value is -3.16. The summed E-state index contributed by atoms with van der Waals surface area (Å²) in [7, 11) is 3.67. The highest BCUT2D eigenvalue weighted by Crippen LogP contribution is 2.51. The number of anilines is 1. The third kappa shape index (κ3) is 4.70. The van der Waals surface area contributed by atoms with E-state index in [2.05, 4.69) is 43.0 Å². The molecular weight excluding hydrogens is 474 g/mol. The number of rotatable bonds is 5. The molecule has 2 aliphatic rings. The summed E-state index contributed by atoms with van der Waals surface area (Å²) >= 11 is 3.08. The zero-order valence-electron chi connectivity index (χ0n) is 20.2. The van der Waals surface area contributed by atoms with Gasteiger partial charge in [-0.25, -0.2) is 4.99 Å². The predicted octanol–water partition coefficient (Wildman–Crippen LogP) is 6.53. The number of nitrogens with zero attached hydrogens (tertiary/aromatic N) is 3. The highest BCUT2D eigenvalue weighted by molar-refractivity contribution is 8.19. The van der Waals surface area contributed by atoms with Crippen molar-refractivity contribution in [3.63, 3.8) is 0 Å². The molecular formula is C28H27N3O2S2. The van der Waals surface area contributed by atoms with Crippen molar-refractivity contribution in [3.05, 3.63) is 93.4 Å². The van der Waals surface area contributed by atoms with E-state index < -0.39 is 0 Å². The van der Waals surface area contributed by atoms with Gasteiger partial charge in [0.1, 0.15) is 10.7 Å². The SMILES string of the molecule is COc1ccc2c(c1)N(C)/C(=C1/SC(=Nc3ccc(C)cc3C)N(CCc3ccccc3)C1=O)S2. The monoisotopic (exact) mass is 501 g/mol. The molecule has 35 heavy (non-hydrogen) atoms. The van der Waals surface area contributed by atoms with Gasteiger partial charge >= 0.3 is 0 Å². The Morgan fingerprint density at radius 1 is 0.971 bits per heavy atom. The number of benzene rings is 3. The van der Waals surface area contributed by atoms with Crippen LogP contribution in [0.15, 0.2) is 86.6 Å². The van der Waals surface area contributed by atoms with Crippen molar-refractivity contribution >= 4 is 46.0 Å². The largest absolute Gasteiger partial charge is 0.497 e. The Balaban J connectivity index is 1.51. The van der Waals surface area contributed by atoms with Gasteiger partial charge in [0, 0.05) is 24.6 Å². The van der Waals surface area contributed by atoms with E-state index in [1.54, 1.807) is 18.9 Å². The predicted molar refractivity (Wildman–Crippen MR) is 147 cm³/mol. The average molecular weight is 502 g/mol. The first-order valence-electron chi connectivity index (χ1n) is 11.5. The van der Waals surface area contributed by atoms with Crippen LogP contribution in [0, 0.1) is 13.8 Å². The maximum Gasteiger partial charge on any atom is 0.269 e. The lowest BCUT2D eigenvalue weighted by molar-refractivity contribution is -0.122. The molecule has 5 nitrogen and oxygen atoms in total. The first-order chi connectivity index (χ1) is 16.9. The Morgan fingerprint density at radius 2 is 1.77 bits per heavy atom. The standard InChI is InChI=1S/C28H27N3O2S2/c1-18-10-12-22(19(2)16-18)29-28-31(15-14-20-8-6-5-7-9-20)26(32)25(35-28)27-30(3)23-17-21(33-4)11-13-24(23)34-27/h5-13,16-17H,14-15H2,1-4H3/b27-25-,29-28?. The van der Waals surface area contributed by atoms with Crippen LogP contribution < -0.4 is 9.64 Å². The Labute approximate surface area is 214 Å². The van der Waals surface area contributed by atoms with Crippen LogP contribution in [0.2, 0.25) is 0 Å². The van der Waals surface area contributed by atoms with Crippen LogP contribution in [0.3, 0.4) is 0 Å². The van der Waals surface area contributed by atoms with Crippen LogP contribution in [0.5, 0.6) is 5.75 Å². The summed E-state index contributed by atoms with van der Waals surface area (Å²) in [6.07, 6.45) is 0.766. The summed E-state index contributed by atoms with van der Waals surface area (Å²) in [6, 6.07) is 22.5. The maximum atomic E-state index is 13.8. The summed E-state index contributed by atoms with van der Waals surface area (Å²) in [5.41, 5.74) is 5.43. The van der Waals surface area contributed by atoms with E-state index in [1.807, 2.05) is 54.4 Å². The minimum atomic E-state index is 0.00330. The number of thioether (sulfide) groups is 2. The van der Waals surface area contributed by atoms with Crippen LogP contribution in [0.4, 0.5) is 11.4 Å². The number of aliphatic imine (C=N–C) groups is 1. The van der Waals surface area contributed by atoms with Gasteiger partial charge in [-0.3, -0.25) is 9.69 Å². The lowest BCUT2D eigenvalue weighted by Crippen LogP contribution is -2.31. The summed E-state index contributed by atoms with van der Waals surface area (Å²) < 4.78 is 5.41. The van der Waals surface area contributed by atoms with E-state index in [4.69, 9.17) is 9.73 Å². The molecule has 2 aliphatic heterocycles. The molecule has 0 aliphatic carbocycles. The third-order valence-corrected chi connectivity index (χ3v) is 8.56. The first-order valence-corrected chi connectivity index (χ1v) is 13.1. The summed E-state index contributed by atoms with van der Waals surface area (Å²) in [6.45, 7) is 4.71. The topological polar surface area (TPSA) is 45.1 Å². The van der Waals surface area contributed by atoms with Crippen molar-refractivity contribution in [1.29, 1.82) is 0 Å². The smallest absolute Gasteiger partial charge is 0.269 e. The quantitative estimate of drug-likeness (QED) is 0.372. The molecule has 7 heteroatoms. The molecule has 0 aromatic heterocycles. The molecule has 1 saturated heterocycles. The second-order valence-corrected chi connectivity index (χ2v) is 10.6. The van der Waals surface area contributed by atoms with Crippen molar-refractivity contribution in [2.45, 2.75) is 25.2 Å². The average Bonchev–Trinajstić information content (AvgIpc) is 3.35. The van der Waals surface area contributed by atoms with Crippen LogP contribution >= 0.6 is 23.5 Å². The van der Waals surface area contributed by atoms with Gasteiger partial charge in [0.2, 0.25) is 0 Å². The van der Waals surface area contributed by atoms with E-state index >= 15 is 0 Å². The molecule has 1 fully saturated rings. The number of carbonyl (C=O) groups is 1. The normalized spacial score (nSPS) is 18.5. The second kappa shape index (κ2) is 9.84. The third-order valence-electron chi connectivity index (χ3n) is 6.13. The number of ether oxygens (including phenoxy) is 1. The fraction of sp³-hybridized carbons (Fsp3) is 0.214. The highest BCUT2D eigenvalue weighted by Gasteiger charge is 2.39. The number of fused-ring (bicyclic) bond motifs is 1. The molecule has 178 valence electrons. The molecule has 5 rings (SSSR count). The second-order valence-electron chi connectivity index (χ2n) is 8.61. The lowest BCUT2D eigenvalue weighted by atomic mass is 10.1. The summed E-state index contributed by atoms with van der Waals surface area (Å²) in [4.78, 5) is 24.5. The molecule has 0 bridgehead atoms. The van der Waals surface area contributed by atoms with Crippen molar-refractivity contribution in [3.8, 4) is 5.75 Å². The van der Waals surface area contributed by atoms with E-state index in [-0.39, 0.29) is 5.91 Å². The molecule has 3 aromatic rings. The first kappa shape index (κ1) is 23.6. The van der Waals surface area contributed by atoms with Crippen LogP contribution in [0.1, 0.15) is 16.7 Å². The van der Waals surface area contributed by atoms with Gasteiger partial charge in [-0.2, -0.15) is 0 Å². The highest BCUT2D eigenvalue weighted by atomic mass is 32.2. The van der Waals surface area contributed by atoms with E-state index in [0.29, 0.717) is 11.4 Å². The van der Waals surface area contributed by atoms with Crippen molar-refractivity contribution in [1.82, 2.24) is 4.90 Å². The van der Waals surface area contributed by atoms with Crippen LogP contribution in [-0.4, -0.2) is 36.7 Å². The molecule has 0 unspecified atom stereocenters. The molecule has 0 spiro atoms. The van der Waals surface area contributed by atoms with E-state index in [1.165, 1.54) is 22.9 Å². The summed E-state index contributed by atoms with van der Waals surface area (Å²) in [5, 5.41) is 1.65. The minimum Gasteiger partial charge on any atom is -0.497 e. The molecule has 0 atom stereocenters. The lowest BCUT2D eigenvalue weighted by Gasteiger charge is -2.17. The van der Waals surface area contributed by atoms with Gasteiger partial charge in [-0.15, -0.1) is 0 Å². The minimum absolute atomic E-state index is 0.00330. The van der Waals surface area contributed by atoms with Gasteiger partial charge in [0.15, 0.2) is 5.17 Å². The van der Waals surface area contributed by atoms with E-state index in [9.17, 15) is 4.79 Å². The molecule has 2 heterocycles. The van der Waals surface area contributed by atoms with Crippen molar-refractivity contribution < 1.29 is 9.53 Å². The molecule has 1 amide bonds. The summed E-state index contributed by atoms with van der Waals surface area (Å²) in [5.74, 6) is 0.804. The Kier molecular flexibility index (Phi) is 6.62. The zero-order chi connectivity index (χ0) is 24.5. The molecule has 0 saturated carbocycles. The maximum absolute atomic E-state index is 13.8. The number of hydrogen-bond donors (Lipinski definition) is 0. The Morgan fingerprint density at radius 3 is 2.51 bits per heavy atom. The zero-order valence-corrected chi connectivity index (χ0v) is 21.9. The van der Waals surface area contributed by atoms with Crippen LogP contribution in [-0.2, 0) is 11.2 Å². The number of hydrogen-bond acceptors (Lipinski definition) is 6. The molecule has 3 aromatic carbocycles. The van der Waals surface area contributed by atoms with Gasteiger partial charge in [0.05, 0.1) is 23.5 Å². The number of amidine groups is 1. The fourth-order valence-corrected chi connectivity index (χ4v) is 6.53. The van der Waals surface area contributed by atoms with Crippen molar-refractivity contribution in [2.75, 3.05) is 25.6 Å².